The second-order valence-electron chi connectivity index (χ2n) is 13.2. The normalized spacial score (nSPS) is 28.3. The van der Waals surface area contributed by atoms with Gasteiger partial charge in [0.25, 0.3) is 11.8 Å². The van der Waals surface area contributed by atoms with Gasteiger partial charge in [-0.05, 0) is 85.5 Å². The molecule has 9 nitrogen and oxygen atoms in total. The van der Waals surface area contributed by atoms with Crippen molar-refractivity contribution in [2.45, 2.75) is 28.5 Å². The maximum absolute atomic E-state index is 14.5. The van der Waals surface area contributed by atoms with Crippen molar-refractivity contribution >= 4 is 69.6 Å². The fourth-order valence-electron chi connectivity index (χ4n) is 8.28. The molecule has 0 aromatic heterocycles. The molecule has 2 aliphatic heterocycles. The van der Waals surface area contributed by atoms with Crippen molar-refractivity contribution in [2.75, 3.05) is 22.2 Å². The molecular weight excluding hydrogens is 696 g/mol. The van der Waals surface area contributed by atoms with Crippen molar-refractivity contribution in [3.05, 3.63) is 120 Å². The van der Waals surface area contributed by atoms with Crippen LogP contribution in [-0.2, 0) is 19.2 Å². The van der Waals surface area contributed by atoms with Crippen molar-refractivity contribution in [2.24, 2.45) is 17.8 Å². The molecular formula is C39H30Cl2FN3O6. The molecule has 1 saturated carbocycles. The molecule has 4 aliphatic rings. The summed E-state index contributed by atoms with van der Waals surface area (Å²) in [5, 5.41) is 14.6. The lowest BCUT2D eigenvalue weighted by Gasteiger charge is -2.50. The molecule has 258 valence electrons. The molecule has 4 aromatic carbocycles. The van der Waals surface area contributed by atoms with Gasteiger partial charge in [0.1, 0.15) is 17.3 Å². The first kappa shape index (κ1) is 33.0. The summed E-state index contributed by atoms with van der Waals surface area (Å²) in [6, 6.07) is 25.8. The van der Waals surface area contributed by atoms with Gasteiger partial charge in [-0.25, -0.2) is 9.29 Å². The van der Waals surface area contributed by atoms with Crippen molar-refractivity contribution in [1.29, 1.82) is 0 Å². The van der Waals surface area contributed by atoms with Crippen LogP contribution in [0.25, 0.3) is 0 Å². The van der Waals surface area contributed by atoms with Crippen LogP contribution in [0, 0.1) is 23.6 Å². The number of anilines is 4. The Labute approximate surface area is 302 Å². The first-order valence-corrected chi connectivity index (χ1v) is 17.1. The van der Waals surface area contributed by atoms with Crippen LogP contribution in [0.4, 0.5) is 27.1 Å². The summed E-state index contributed by atoms with van der Waals surface area (Å²) < 4.78 is 19.2. The van der Waals surface area contributed by atoms with Gasteiger partial charge < -0.3 is 15.2 Å². The van der Waals surface area contributed by atoms with Crippen LogP contribution in [0.1, 0.15) is 24.3 Å². The SMILES string of the molecule is COc1ccc([C@H]2C3=CC[C@@H]4C(=O)N(c5ccc(Nc6ccccc6)cc5)C(=O)[C@@H]4[C@@H]3C[C@@]3(Cl)C(=O)N(c4ccc(F)cc4)C(=O)[C@@]23Cl)c(O)c1. The number of imide groups is 2. The van der Waals surface area contributed by atoms with Crippen LogP contribution in [0.15, 0.2) is 109 Å². The number of aromatic hydroxyl groups is 1. The van der Waals surface area contributed by atoms with Gasteiger partial charge in [-0.15, -0.1) is 23.2 Å². The number of fused-ring (bicyclic) bond motifs is 4. The minimum Gasteiger partial charge on any atom is -0.508 e. The molecule has 2 saturated heterocycles. The van der Waals surface area contributed by atoms with E-state index in [9.17, 15) is 28.7 Å². The Hall–Kier alpha value is -5.19. The molecule has 3 fully saturated rings. The third-order valence-corrected chi connectivity index (χ3v) is 12.0. The number of rotatable bonds is 6. The van der Waals surface area contributed by atoms with E-state index in [1.807, 2.05) is 30.3 Å². The highest BCUT2D eigenvalue weighted by Crippen LogP contribution is 2.66. The highest BCUT2D eigenvalue weighted by Gasteiger charge is 2.77. The van der Waals surface area contributed by atoms with Crippen molar-refractivity contribution in [1.82, 2.24) is 0 Å². The minimum atomic E-state index is -2.17. The number of halogens is 3. The lowest BCUT2D eigenvalue weighted by atomic mass is 9.56. The summed E-state index contributed by atoms with van der Waals surface area (Å²) in [5.74, 6) is -6.72. The molecule has 8 rings (SSSR count). The predicted octanol–water partition coefficient (Wildman–Crippen LogP) is 7.05. The number of amides is 4. The predicted molar refractivity (Wildman–Crippen MR) is 190 cm³/mol. The fourth-order valence-corrected chi connectivity index (χ4v) is 9.20. The van der Waals surface area contributed by atoms with Crippen LogP contribution >= 0.6 is 23.2 Å². The third-order valence-electron chi connectivity index (χ3n) is 10.6. The summed E-state index contributed by atoms with van der Waals surface area (Å²) >= 11 is 14.8. The van der Waals surface area contributed by atoms with Gasteiger partial charge in [-0.1, -0.05) is 35.9 Å². The van der Waals surface area contributed by atoms with Crippen LogP contribution in [-0.4, -0.2) is 45.6 Å². The van der Waals surface area contributed by atoms with Gasteiger partial charge in [0.05, 0.1) is 30.3 Å². The molecule has 2 heterocycles. The van der Waals surface area contributed by atoms with E-state index in [0.29, 0.717) is 17.0 Å². The van der Waals surface area contributed by atoms with E-state index in [0.717, 1.165) is 28.4 Å². The number of phenols is 1. The Morgan fingerprint density at radius 1 is 0.804 bits per heavy atom. The zero-order valence-corrected chi connectivity index (χ0v) is 28.6. The Kier molecular flexibility index (Phi) is 7.73. The van der Waals surface area contributed by atoms with Gasteiger partial charge in [-0.2, -0.15) is 0 Å². The molecule has 4 aromatic rings. The zero-order chi connectivity index (χ0) is 35.8. The second kappa shape index (κ2) is 12.0. The highest BCUT2D eigenvalue weighted by molar-refractivity contribution is 6.58. The van der Waals surface area contributed by atoms with Gasteiger partial charge in [-0.3, -0.25) is 24.1 Å². The average molecular weight is 727 g/mol. The lowest BCUT2D eigenvalue weighted by Crippen LogP contribution is -2.60. The molecule has 2 aliphatic carbocycles. The molecule has 0 radical (unpaired) electrons. The molecule has 0 spiro atoms. The standard InChI is InChI=1S/C39H30Cl2FN3O6/c1-51-26-15-16-28(31(46)19-26)33-27-17-18-29-32(35(48)44(34(29)47)24-13-9-23(10-14-24)43-22-5-3-2-4-6-22)30(27)20-38(40)36(49)45(37(50)39(33,38)41)25-11-7-21(42)8-12-25/h2-17,19,29-30,32-33,43,46H,18,20H2,1H3/t29-,30+,32-,33+,38+,39-/m0/s1. The summed E-state index contributed by atoms with van der Waals surface area (Å²) in [6.45, 7) is 0. The molecule has 0 bridgehead atoms. The smallest absolute Gasteiger partial charge is 0.258 e. The lowest BCUT2D eigenvalue weighted by molar-refractivity contribution is -0.125. The second-order valence-corrected chi connectivity index (χ2v) is 14.5. The summed E-state index contributed by atoms with van der Waals surface area (Å²) in [4.78, 5) is 55.1. The number of allylic oxidation sites excluding steroid dienone is 2. The fraction of sp³-hybridized carbons (Fsp3) is 0.231. The maximum Gasteiger partial charge on any atom is 0.258 e. The molecule has 0 unspecified atom stereocenters. The molecule has 2 N–H and O–H groups in total. The van der Waals surface area contributed by atoms with E-state index in [1.54, 1.807) is 42.5 Å². The quantitative estimate of drug-likeness (QED) is 0.124. The Bertz CT molecular complexity index is 2150. The number of nitrogens with zero attached hydrogens (tertiary/aromatic N) is 2. The maximum atomic E-state index is 14.5. The summed E-state index contributed by atoms with van der Waals surface area (Å²) in [6.07, 6.45) is 1.71. The van der Waals surface area contributed by atoms with E-state index < -0.39 is 57.0 Å². The van der Waals surface area contributed by atoms with Crippen molar-refractivity contribution in [3.8, 4) is 11.5 Å². The average Bonchev–Trinajstić information content (AvgIpc) is 3.47. The van der Waals surface area contributed by atoms with Crippen LogP contribution in [0.2, 0.25) is 0 Å². The summed E-state index contributed by atoms with van der Waals surface area (Å²) in [5.41, 5.74) is 2.81. The first-order chi connectivity index (χ1) is 24.5. The molecule has 12 heteroatoms. The van der Waals surface area contributed by atoms with Gasteiger partial charge in [0.2, 0.25) is 11.8 Å². The highest BCUT2D eigenvalue weighted by atomic mass is 35.5. The minimum absolute atomic E-state index is 0.0666. The number of methoxy groups -OCH3 is 1. The van der Waals surface area contributed by atoms with Crippen LogP contribution in [0.5, 0.6) is 11.5 Å². The van der Waals surface area contributed by atoms with Gasteiger partial charge >= 0.3 is 0 Å². The van der Waals surface area contributed by atoms with E-state index in [1.165, 1.54) is 30.2 Å². The van der Waals surface area contributed by atoms with Crippen molar-refractivity contribution in [3.63, 3.8) is 0 Å². The van der Waals surface area contributed by atoms with Crippen molar-refractivity contribution < 1.29 is 33.4 Å². The number of hydrogen-bond donors (Lipinski definition) is 2. The van der Waals surface area contributed by atoms with E-state index in [4.69, 9.17) is 27.9 Å². The molecule has 51 heavy (non-hydrogen) atoms. The topological polar surface area (TPSA) is 116 Å². The van der Waals surface area contributed by atoms with Crippen LogP contribution < -0.4 is 19.9 Å². The number of phenolic OH excluding ortho intramolecular Hbond substituents is 1. The Morgan fingerprint density at radius 3 is 2.12 bits per heavy atom. The van der Waals surface area contributed by atoms with E-state index in [2.05, 4.69) is 5.32 Å². The number of carbonyl (C=O) groups excluding carboxylic acids is 4. The Balaban J connectivity index is 1.21. The zero-order valence-electron chi connectivity index (χ0n) is 27.1. The van der Waals surface area contributed by atoms with Crippen LogP contribution in [0.3, 0.4) is 0 Å². The Morgan fingerprint density at radius 2 is 1.45 bits per heavy atom. The number of para-hydroxylation sites is 1. The number of benzene rings is 4. The number of hydrogen-bond acceptors (Lipinski definition) is 7. The monoisotopic (exact) mass is 725 g/mol. The molecule has 4 amide bonds. The van der Waals surface area contributed by atoms with Gasteiger partial charge in [0, 0.05) is 28.9 Å². The first-order valence-electron chi connectivity index (χ1n) is 16.4. The number of ether oxygens (including phenoxy) is 1. The third kappa shape index (κ3) is 4.80. The number of nitrogens with one attached hydrogen (secondary N) is 1. The largest absolute Gasteiger partial charge is 0.508 e. The number of alkyl halides is 2. The van der Waals surface area contributed by atoms with E-state index in [-0.39, 0.29) is 35.7 Å². The van der Waals surface area contributed by atoms with Gasteiger partial charge in [0.15, 0.2) is 9.75 Å². The van der Waals surface area contributed by atoms with E-state index >= 15 is 0 Å². The summed E-state index contributed by atoms with van der Waals surface area (Å²) in [7, 11) is 1.43. The molecule has 6 atom stereocenters. The number of carbonyl (C=O) groups is 4.